The van der Waals surface area contributed by atoms with E-state index in [1.807, 2.05) is 0 Å². The molecule has 2 saturated carbocycles. The van der Waals surface area contributed by atoms with Gasteiger partial charge in [-0.3, -0.25) is 0 Å². The maximum atomic E-state index is 9.55. The molecule has 0 radical (unpaired) electrons. The van der Waals surface area contributed by atoms with Gasteiger partial charge in [0.25, 0.3) is 0 Å². The number of aliphatic hydroxyl groups is 1. The maximum absolute atomic E-state index is 9.55. The number of aliphatic hydroxyl groups excluding tert-OH is 1. The van der Waals surface area contributed by atoms with Gasteiger partial charge >= 0.3 is 0 Å². The van der Waals surface area contributed by atoms with Crippen LogP contribution in [0, 0.1) is 22.7 Å². The molecule has 0 aromatic carbocycles. The largest absolute Gasteiger partial charge is 0.396 e. The zero-order valence-electron chi connectivity index (χ0n) is 9.84. The Kier molecular flexibility index (Phi) is 2.42. The highest BCUT2D eigenvalue weighted by atomic mass is 16.3. The third-order valence-electron chi connectivity index (χ3n) is 4.20. The van der Waals surface area contributed by atoms with Gasteiger partial charge in [0.05, 0.1) is 0 Å². The van der Waals surface area contributed by atoms with E-state index in [0.29, 0.717) is 17.4 Å². The molecule has 0 aromatic heterocycles. The SMILES string of the molecule is CC(C)(C)CCC1(CO)CC2CC2C1. The van der Waals surface area contributed by atoms with Gasteiger partial charge in [-0.15, -0.1) is 0 Å². The molecule has 1 N–H and O–H groups in total. The lowest BCUT2D eigenvalue weighted by atomic mass is 9.75. The molecule has 0 spiro atoms. The lowest BCUT2D eigenvalue weighted by Gasteiger charge is -2.31. The van der Waals surface area contributed by atoms with Gasteiger partial charge in [-0.2, -0.15) is 0 Å². The minimum Gasteiger partial charge on any atom is -0.396 e. The van der Waals surface area contributed by atoms with Gasteiger partial charge in [0, 0.05) is 6.61 Å². The van der Waals surface area contributed by atoms with Crippen LogP contribution in [0.5, 0.6) is 0 Å². The van der Waals surface area contributed by atoms with E-state index in [2.05, 4.69) is 20.8 Å². The van der Waals surface area contributed by atoms with E-state index in [0.717, 1.165) is 11.8 Å². The Balaban J connectivity index is 1.87. The quantitative estimate of drug-likeness (QED) is 0.735. The third kappa shape index (κ3) is 2.13. The lowest BCUT2D eigenvalue weighted by molar-refractivity contribution is 0.0934. The summed E-state index contributed by atoms with van der Waals surface area (Å²) in [6.45, 7) is 7.32. The van der Waals surface area contributed by atoms with Crippen LogP contribution in [0.4, 0.5) is 0 Å². The minimum absolute atomic E-state index is 0.320. The highest BCUT2D eigenvalue weighted by Crippen LogP contribution is 2.61. The Labute approximate surface area is 87.9 Å². The number of hydrogen-bond acceptors (Lipinski definition) is 1. The fraction of sp³-hybridized carbons (Fsp3) is 1.00. The molecule has 2 aliphatic carbocycles. The first-order valence-electron chi connectivity index (χ1n) is 6.05. The molecule has 82 valence electrons. The predicted octanol–water partition coefficient (Wildman–Crippen LogP) is 3.22. The predicted molar refractivity (Wildman–Crippen MR) is 59.0 cm³/mol. The van der Waals surface area contributed by atoms with Crippen LogP contribution in [0.25, 0.3) is 0 Å². The van der Waals surface area contributed by atoms with E-state index in [1.165, 1.54) is 32.1 Å². The molecule has 0 aliphatic heterocycles. The van der Waals surface area contributed by atoms with E-state index in [9.17, 15) is 5.11 Å². The van der Waals surface area contributed by atoms with Gasteiger partial charge in [0.2, 0.25) is 0 Å². The van der Waals surface area contributed by atoms with Crippen LogP contribution in [-0.2, 0) is 0 Å². The monoisotopic (exact) mass is 196 g/mol. The average molecular weight is 196 g/mol. The molecule has 0 saturated heterocycles. The van der Waals surface area contributed by atoms with Gasteiger partial charge < -0.3 is 5.11 Å². The van der Waals surface area contributed by atoms with Crippen molar-refractivity contribution in [2.75, 3.05) is 6.61 Å². The average Bonchev–Trinajstić information content (AvgIpc) is 2.70. The zero-order chi connectivity index (χ0) is 10.4. The second-order valence-corrected chi connectivity index (χ2v) is 6.88. The first kappa shape index (κ1) is 10.5. The van der Waals surface area contributed by atoms with Gasteiger partial charge in [0.1, 0.15) is 0 Å². The van der Waals surface area contributed by atoms with Crippen molar-refractivity contribution in [3.8, 4) is 0 Å². The maximum Gasteiger partial charge on any atom is 0.0487 e. The van der Waals surface area contributed by atoms with Crippen LogP contribution in [-0.4, -0.2) is 11.7 Å². The minimum atomic E-state index is 0.320. The summed E-state index contributed by atoms with van der Waals surface area (Å²) in [6, 6.07) is 0. The van der Waals surface area contributed by atoms with E-state index >= 15 is 0 Å². The Bertz CT molecular complexity index is 204. The molecule has 14 heavy (non-hydrogen) atoms. The van der Waals surface area contributed by atoms with E-state index in [1.54, 1.807) is 0 Å². The van der Waals surface area contributed by atoms with Crippen LogP contribution < -0.4 is 0 Å². The van der Waals surface area contributed by atoms with Crippen LogP contribution in [0.2, 0.25) is 0 Å². The molecule has 2 atom stereocenters. The molecule has 0 heterocycles. The summed E-state index contributed by atoms with van der Waals surface area (Å²) in [5.41, 5.74) is 0.746. The van der Waals surface area contributed by atoms with Crippen molar-refractivity contribution in [1.82, 2.24) is 0 Å². The molecule has 2 fully saturated rings. The fourth-order valence-electron chi connectivity index (χ4n) is 3.06. The fourth-order valence-corrected chi connectivity index (χ4v) is 3.06. The highest BCUT2D eigenvalue weighted by Gasteiger charge is 2.53. The zero-order valence-corrected chi connectivity index (χ0v) is 9.84. The molecule has 0 aromatic rings. The second kappa shape index (κ2) is 3.23. The number of hydrogen-bond donors (Lipinski definition) is 1. The van der Waals surface area contributed by atoms with Crippen LogP contribution in [0.3, 0.4) is 0 Å². The first-order valence-corrected chi connectivity index (χ1v) is 6.05. The summed E-state index contributed by atoms with van der Waals surface area (Å²) >= 11 is 0. The summed E-state index contributed by atoms with van der Waals surface area (Å²) in [7, 11) is 0. The Morgan fingerprint density at radius 2 is 1.79 bits per heavy atom. The smallest absolute Gasteiger partial charge is 0.0487 e. The standard InChI is InChI=1S/C13H24O/c1-12(2,3)4-5-13(9-14)7-10-6-11(10)8-13/h10-11,14H,4-9H2,1-3H3. The summed E-state index contributed by atoms with van der Waals surface area (Å²) in [6.07, 6.45) is 6.57. The number of rotatable bonds is 3. The Hall–Kier alpha value is -0.0400. The van der Waals surface area contributed by atoms with Gasteiger partial charge in [-0.1, -0.05) is 20.8 Å². The van der Waals surface area contributed by atoms with E-state index < -0.39 is 0 Å². The summed E-state index contributed by atoms with van der Waals surface area (Å²) in [5, 5.41) is 9.55. The number of fused-ring (bicyclic) bond motifs is 1. The molecule has 0 bridgehead atoms. The Morgan fingerprint density at radius 3 is 2.21 bits per heavy atom. The molecule has 2 unspecified atom stereocenters. The van der Waals surface area contributed by atoms with Crippen LogP contribution in [0.1, 0.15) is 52.9 Å². The molecule has 1 nitrogen and oxygen atoms in total. The third-order valence-corrected chi connectivity index (χ3v) is 4.20. The summed E-state index contributed by atoms with van der Waals surface area (Å²) in [5.74, 6) is 1.98. The second-order valence-electron chi connectivity index (χ2n) is 6.88. The molecule has 1 heteroatoms. The topological polar surface area (TPSA) is 20.2 Å². The van der Waals surface area contributed by atoms with E-state index in [-0.39, 0.29) is 0 Å². The van der Waals surface area contributed by atoms with Gasteiger partial charge in [-0.05, 0) is 54.8 Å². The molecular formula is C13H24O. The van der Waals surface area contributed by atoms with Crippen molar-refractivity contribution < 1.29 is 5.11 Å². The van der Waals surface area contributed by atoms with Crippen LogP contribution >= 0.6 is 0 Å². The first-order chi connectivity index (χ1) is 6.44. The highest BCUT2D eigenvalue weighted by molar-refractivity contribution is 5.03. The van der Waals surface area contributed by atoms with Crippen molar-refractivity contribution in [3.05, 3.63) is 0 Å². The van der Waals surface area contributed by atoms with Crippen molar-refractivity contribution in [3.63, 3.8) is 0 Å². The van der Waals surface area contributed by atoms with Gasteiger partial charge in [-0.25, -0.2) is 0 Å². The Morgan fingerprint density at radius 1 is 1.21 bits per heavy atom. The normalized spacial score (nSPS) is 41.1. The molecule has 0 amide bonds. The summed E-state index contributed by atoms with van der Waals surface area (Å²) in [4.78, 5) is 0. The van der Waals surface area contributed by atoms with Crippen molar-refractivity contribution >= 4 is 0 Å². The van der Waals surface area contributed by atoms with Crippen LogP contribution in [0.15, 0.2) is 0 Å². The van der Waals surface area contributed by atoms with Crippen molar-refractivity contribution in [1.29, 1.82) is 0 Å². The molecular weight excluding hydrogens is 172 g/mol. The molecule has 2 aliphatic rings. The molecule has 2 rings (SSSR count). The van der Waals surface area contributed by atoms with Crippen molar-refractivity contribution in [2.24, 2.45) is 22.7 Å². The van der Waals surface area contributed by atoms with Crippen molar-refractivity contribution in [2.45, 2.75) is 52.9 Å². The lowest BCUT2D eigenvalue weighted by Crippen LogP contribution is -2.25. The van der Waals surface area contributed by atoms with Gasteiger partial charge in [0.15, 0.2) is 0 Å². The van der Waals surface area contributed by atoms with E-state index in [4.69, 9.17) is 0 Å². The summed E-state index contributed by atoms with van der Waals surface area (Å²) < 4.78 is 0.